The fraction of sp³-hybridized carbons (Fsp3) is 0.286. The van der Waals surface area contributed by atoms with E-state index in [-0.39, 0.29) is 11.3 Å². The lowest BCUT2D eigenvalue weighted by atomic mass is 10.1. The summed E-state index contributed by atoms with van der Waals surface area (Å²) in [6, 6.07) is 8.71. The highest BCUT2D eigenvalue weighted by Gasteiger charge is 2.09. The standard InChI is InChI=1S/C12H10N2O2.C2H6/c1-7-2-3-9-8(4-7)5-10(11(15)6-13)14-12(9)16;1-2/h2-5,11,15H,1H3,(H,14,16);1-2H3. The van der Waals surface area contributed by atoms with E-state index < -0.39 is 6.10 Å². The van der Waals surface area contributed by atoms with Crippen molar-refractivity contribution in [3.05, 3.63) is 45.9 Å². The number of nitrogens with one attached hydrogen (secondary N) is 1. The van der Waals surface area contributed by atoms with Crippen molar-refractivity contribution in [1.29, 1.82) is 5.26 Å². The summed E-state index contributed by atoms with van der Waals surface area (Å²) in [6.45, 7) is 5.92. The maximum absolute atomic E-state index is 11.7. The van der Waals surface area contributed by atoms with E-state index in [9.17, 15) is 9.90 Å². The van der Waals surface area contributed by atoms with Gasteiger partial charge in [-0.25, -0.2) is 0 Å². The molecule has 0 spiro atoms. The molecule has 0 bridgehead atoms. The fourth-order valence-electron chi connectivity index (χ4n) is 1.63. The molecule has 0 radical (unpaired) electrons. The van der Waals surface area contributed by atoms with Gasteiger partial charge in [-0.05, 0) is 24.4 Å². The minimum atomic E-state index is -1.29. The van der Waals surface area contributed by atoms with E-state index in [4.69, 9.17) is 5.26 Å². The van der Waals surface area contributed by atoms with Crippen LogP contribution in [-0.2, 0) is 0 Å². The lowest BCUT2D eigenvalue weighted by Gasteiger charge is -2.04. The minimum absolute atomic E-state index is 0.227. The number of aromatic amines is 1. The Balaban J connectivity index is 0.000000771. The van der Waals surface area contributed by atoms with Gasteiger partial charge in [-0.1, -0.05) is 31.5 Å². The number of hydrogen-bond acceptors (Lipinski definition) is 3. The van der Waals surface area contributed by atoms with Crippen LogP contribution in [0.1, 0.15) is 31.2 Å². The number of aryl methyl sites for hydroxylation is 1. The molecular weight excluding hydrogens is 228 g/mol. The lowest BCUT2D eigenvalue weighted by Crippen LogP contribution is -2.11. The molecule has 18 heavy (non-hydrogen) atoms. The Morgan fingerprint density at radius 1 is 1.33 bits per heavy atom. The topological polar surface area (TPSA) is 76.9 Å². The van der Waals surface area contributed by atoms with Crippen molar-refractivity contribution in [2.24, 2.45) is 0 Å². The monoisotopic (exact) mass is 244 g/mol. The van der Waals surface area contributed by atoms with E-state index in [1.165, 1.54) is 0 Å². The Morgan fingerprint density at radius 3 is 2.61 bits per heavy atom. The number of aliphatic hydroxyl groups is 1. The number of aromatic nitrogens is 1. The second-order valence-corrected chi connectivity index (χ2v) is 3.68. The summed E-state index contributed by atoms with van der Waals surface area (Å²) >= 11 is 0. The molecule has 0 saturated heterocycles. The number of nitriles is 1. The summed E-state index contributed by atoms with van der Waals surface area (Å²) < 4.78 is 0. The van der Waals surface area contributed by atoms with Crippen molar-refractivity contribution >= 4 is 10.8 Å². The largest absolute Gasteiger partial charge is 0.373 e. The minimum Gasteiger partial charge on any atom is -0.373 e. The SMILES string of the molecule is CC.Cc1ccc2c(=O)[nH]c(C(O)C#N)cc2c1. The molecule has 1 aromatic carbocycles. The normalized spacial score (nSPS) is 11.3. The number of benzene rings is 1. The molecule has 4 heteroatoms. The zero-order valence-corrected chi connectivity index (χ0v) is 10.7. The molecule has 2 rings (SSSR count). The third-order valence-electron chi connectivity index (χ3n) is 2.44. The first kappa shape index (κ1) is 13.9. The smallest absolute Gasteiger partial charge is 0.256 e. The lowest BCUT2D eigenvalue weighted by molar-refractivity contribution is 0.231. The maximum atomic E-state index is 11.7. The second kappa shape index (κ2) is 5.99. The van der Waals surface area contributed by atoms with E-state index in [0.29, 0.717) is 5.39 Å². The number of pyridine rings is 1. The number of aliphatic hydroxyl groups excluding tert-OH is 1. The van der Waals surface area contributed by atoms with Crippen molar-refractivity contribution in [3.8, 4) is 6.07 Å². The molecule has 1 heterocycles. The summed E-state index contributed by atoms with van der Waals surface area (Å²) in [4.78, 5) is 14.1. The Kier molecular flexibility index (Phi) is 4.64. The van der Waals surface area contributed by atoms with Crippen molar-refractivity contribution in [2.75, 3.05) is 0 Å². The first-order valence-corrected chi connectivity index (χ1v) is 5.83. The van der Waals surface area contributed by atoms with Crippen LogP contribution in [0.25, 0.3) is 10.8 Å². The maximum Gasteiger partial charge on any atom is 0.256 e. The van der Waals surface area contributed by atoms with Crippen LogP contribution in [0.15, 0.2) is 29.1 Å². The highest BCUT2D eigenvalue weighted by atomic mass is 16.3. The molecule has 0 saturated carbocycles. The van der Waals surface area contributed by atoms with Gasteiger partial charge in [0.05, 0.1) is 5.69 Å². The van der Waals surface area contributed by atoms with Gasteiger partial charge >= 0.3 is 0 Å². The third-order valence-corrected chi connectivity index (χ3v) is 2.44. The zero-order valence-electron chi connectivity index (χ0n) is 10.7. The van der Waals surface area contributed by atoms with Crippen LogP contribution in [0.2, 0.25) is 0 Å². The van der Waals surface area contributed by atoms with Gasteiger partial charge < -0.3 is 10.1 Å². The first-order valence-electron chi connectivity index (χ1n) is 5.83. The summed E-state index contributed by atoms with van der Waals surface area (Å²) in [5.74, 6) is 0. The van der Waals surface area contributed by atoms with Gasteiger partial charge in [-0.2, -0.15) is 5.26 Å². The van der Waals surface area contributed by atoms with Crippen LogP contribution < -0.4 is 5.56 Å². The number of rotatable bonds is 1. The van der Waals surface area contributed by atoms with Crippen LogP contribution in [-0.4, -0.2) is 10.1 Å². The van der Waals surface area contributed by atoms with Crippen molar-refractivity contribution in [3.63, 3.8) is 0 Å². The van der Waals surface area contributed by atoms with E-state index in [2.05, 4.69) is 4.98 Å². The molecule has 2 aromatic rings. The van der Waals surface area contributed by atoms with E-state index in [0.717, 1.165) is 10.9 Å². The van der Waals surface area contributed by atoms with E-state index in [1.807, 2.05) is 32.9 Å². The van der Waals surface area contributed by atoms with Gasteiger partial charge in [0.15, 0.2) is 6.10 Å². The molecule has 4 nitrogen and oxygen atoms in total. The van der Waals surface area contributed by atoms with E-state index >= 15 is 0 Å². The molecule has 1 aromatic heterocycles. The van der Waals surface area contributed by atoms with Crippen LogP contribution in [0.4, 0.5) is 0 Å². The quantitative estimate of drug-likeness (QED) is 0.756. The highest BCUT2D eigenvalue weighted by Crippen LogP contribution is 2.16. The molecule has 0 aliphatic rings. The summed E-state index contributed by atoms with van der Waals surface area (Å²) in [5, 5.41) is 19.2. The molecule has 1 unspecified atom stereocenters. The average molecular weight is 244 g/mol. The molecule has 0 aliphatic carbocycles. The Bertz CT molecular complexity index is 638. The molecule has 0 amide bonds. The number of H-pyrrole nitrogens is 1. The third kappa shape index (κ3) is 2.76. The Hall–Kier alpha value is -2.12. The molecule has 0 fully saturated rings. The van der Waals surface area contributed by atoms with Gasteiger partial charge in [-0.3, -0.25) is 4.79 Å². The van der Waals surface area contributed by atoms with Gasteiger partial charge in [0, 0.05) is 5.39 Å². The highest BCUT2D eigenvalue weighted by molar-refractivity contribution is 5.82. The van der Waals surface area contributed by atoms with Crippen LogP contribution >= 0.6 is 0 Å². The summed E-state index contributed by atoms with van der Waals surface area (Å²) in [7, 11) is 0. The predicted octanol–water partition coefficient (Wildman–Crippen LogP) is 2.42. The van der Waals surface area contributed by atoms with Gasteiger partial charge in [0.1, 0.15) is 6.07 Å². The van der Waals surface area contributed by atoms with Crippen LogP contribution in [0.5, 0.6) is 0 Å². The van der Waals surface area contributed by atoms with E-state index in [1.54, 1.807) is 18.2 Å². The molecule has 2 N–H and O–H groups in total. The zero-order chi connectivity index (χ0) is 13.7. The van der Waals surface area contributed by atoms with Gasteiger partial charge in [0.25, 0.3) is 5.56 Å². The van der Waals surface area contributed by atoms with Crippen LogP contribution in [0, 0.1) is 18.3 Å². The van der Waals surface area contributed by atoms with Crippen molar-refractivity contribution in [1.82, 2.24) is 4.98 Å². The first-order chi connectivity index (χ1) is 8.61. The van der Waals surface area contributed by atoms with Gasteiger partial charge in [-0.15, -0.1) is 0 Å². The Morgan fingerprint density at radius 2 is 2.00 bits per heavy atom. The average Bonchev–Trinajstić information content (AvgIpc) is 2.39. The molecular formula is C14H16N2O2. The Labute approximate surface area is 106 Å². The fourth-order valence-corrected chi connectivity index (χ4v) is 1.63. The number of hydrogen-bond donors (Lipinski definition) is 2. The number of fused-ring (bicyclic) bond motifs is 1. The van der Waals surface area contributed by atoms with Crippen molar-refractivity contribution < 1.29 is 5.11 Å². The second-order valence-electron chi connectivity index (χ2n) is 3.68. The van der Waals surface area contributed by atoms with Gasteiger partial charge in [0.2, 0.25) is 0 Å². The predicted molar refractivity (Wildman–Crippen MR) is 71.2 cm³/mol. The summed E-state index contributed by atoms with van der Waals surface area (Å²) in [5.41, 5.74) is 0.961. The molecule has 1 atom stereocenters. The van der Waals surface area contributed by atoms with Crippen LogP contribution in [0.3, 0.4) is 0 Å². The number of nitrogens with zero attached hydrogens (tertiary/aromatic N) is 1. The molecule has 94 valence electrons. The summed E-state index contributed by atoms with van der Waals surface area (Å²) in [6.07, 6.45) is -1.29. The molecule has 0 aliphatic heterocycles. The van der Waals surface area contributed by atoms with Crippen molar-refractivity contribution in [2.45, 2.75) is 26.9 Å².